The van der Waals surface area contributed by atoms with Crippen molar-refractivity contribution < 1.29 is 14.3 Å². The minimum atomic E-state index is -1.51. The second kappa shape index (κ2) is 6.39. The van der Waals surface area contributed by atoms with Gasteiger partial charge in [0.25, 0.3) is 0 Å². The van der Waals surface area contributed by atoms with Crippen LogP contribution in [-0.4, -0.2) is 27.1 Å². The summed E-state index contributed by atoms with van der Waals surface area (Å²) < 4.78 is 4.67. The Morgan fingerprint density at radius 1 is 1.25 bits per heavy atom. The average molecular weight is 289 g/mol. The Labute approximate surface area is 120 Å². The molecule has 1 amide bonds. The molecule has 1 aromatic carbocycles. The highest BCUT2D eigenvalue weighted by Gasteiger charge is 2.11. The van der Waals surface area contributed by atoms with Crippen LogP contribution >= 0.6 is 0 Å². The number of benzene rings is 1. The van der Waals surface area contributed by atoms with Crippen LogP contribution in [0.1, 0.15) is 22.8 Å². The summed E-state index contributed by atoms with van der Waals surface area (Å²) in [6, 6.07) is 4.96. The topological polar surface area (TPSA) is 55.4 Å². The summed E-state index contributed by atoms with van der Waals surface area (Å²) in [5.74, 6) is 2.44. The lowest BCUT2D eigenvalue weighted by molar-refractivity contribution is -0.114. The smallest absolute Gasteiger partial charge is 0.337 e. The van der Waals surface area contributed by atoms with Crippen molar-refractivity contribution in [1.29, 1.82) is 0 Å². The number of ether oxygens (including phenoxy) is 1. The van der Waals surface area contributed by atoms with Crippen molar-refractivity contribution in [3.8, 4) is 11.5 Å². The largest absolute Gasteiger partial charge is 0.465 e. The molecule has 0 unspecified atom stereocenters. The molecule has 5 heteroatoms. The maximum absolute atomic E-state index is 11.5. The predicted molar refractivity (Wildman–Crippen MR) is 82.3 cm³/mol. The van der Waals surface area contributed by atoms with Crippen molar-refractivity contribution in [3.63, 3.8) is 0 Å². The normalized spacial score (nSPS) is 10.2. The van der Waals surface area contributed by atoms with E-state index < -0.39 is 14.0 Å². The first-order valence-corrected chi connectivity index (χ1v) is 9.76. The van der Waals surface area contributed by atoms with Gasteiger partial charge in [0.2, 0.25) is 5.91 Å². The summed E-state index contributed by atoms with van der Waals surface area (Å²) in [4.78, 5) is 22.8. The molecule has 0 saturated carbocycles. The highest BCUT2D eigenvalue weighted by Crippen LogP contribution is 2.18. The lowest BCUT2D eigenvalue weighted by Gasteiger charge is -2.09. The zero-order chi connectivity index (χ0) is 15.3. The van der Waals surface area contributed by atoms with E-state index in [0.717, 1.165) is 0 Å². The zero-order valence-electron chi connectivity index (χ0n) is 12.5. The first-order valence-electron chi connectivity index (χ1n) is 6.26. The molecule has 1 N–H and O–H groups in total. The highest BCUT2D eigenvalue weighted by molar-refractivity contribution is 6.83. The van der Waals surface area contributed by atoms with Gasteiger partial charge in [-0.1, -0.05) is 25.6 Å². The number of anilines is 1. The molecule has 0 fully saturated rings. The van der Waals surface area contributed by atoms with Crippen molar-refractivity contribution in [3.05, 3.63) is 29.3 Å². The maximum atomic E-state index is 11.5. The van der Waals surface area contributed by atoms with E-state index in [4.69, 9.17) is 0 Å². The molecule has 4 nitrogen and oxygen atoms in total. The molecule has 0 atom stereocenters. The Bertz CT molecular complexity index is 591. The van der Waals surface area contributed by atoms with E-state index in [0.29, 0.717) is 16.8 Å². The third-order valence-electron chi connectivity index (χ3n) is 2.32. The molecule has 1 rings (SSSR count). The fraction of sp³-hybridized carbons (Fsp3) is 0.333. The van der Waals surface area contributed by atoms with Crippen LogP contribution in [0.25, 0.3) is 0 Å². The molecule has 1 aromatic rings. The van der Waals surface area contributed by atoms with E-state index >= 15 is 0 Å². The molecule has 106 valence electrons. The quantitative estimate of drug-likeness (QED) is 0.517. The third-order valence-corrected chi connectivity index (χ3v) is 3.20. The Balaban J connectivity index is 3.25. The van der Waals surface area contributed by atoms with Crippen LogP contribution in [0.5, 0.6) is 0 Å². The molecule has 0 saturated heterocycles. The van der Waals surface area contributed by atoms with E-state index in [1.54, 1.807) is 18.2 Å². The van der Waals surface area contributed by atoms with Gasteiger partial charge in [-0.05, 0) is 18.2 Å². The number of hydrogen-bond donors (Lipinski definition) is 1. The summed E-state index contributed by atoms with van der Waals surface area (Å²) >= 11 is 0. The van der Waals surface area contributed by atoms with Crippen molar-refractivity contribution in [2.45, 2.75) is 26.6 Å². The average Bonchev–Trinajstić information content (AvgIpc) is 2.34. The number of methoxy groups -OCH3 is 1. The van der Waals surface area contributed by atoms with Crippen LogP contribution in [0.15, 0.2) is 18.2 Å². The number of nitrogens with one attached hydrogen (secondary N) is 1. The van der Waals surface area contributed by atoms with Gasteiger partial charge < -0.3 is 10.1 Å². The molecule has 0 heterocycles. The fourth-order valence-corrected chi connectivity index (χ4v) is 1.96. The van der Waals surface area contributed by atoms with E-state index in [-0.39, 0.29) is 5.91 Å². The minimum Gasteiger partial charge on any atom is -0.465 e. The third kappa shape index (κ3) is 4.90. The van der Waals surface area contributed by atoms with Crippen molar-refractivity contribution in [2.24, 2.45) is 0 Å². The molecule has 0 aromatic heterocycles. The van der Waals surface area contributed by atoms with Gasteiger partial charge in [0.05, 0.1) is 18.4 Å². The van der Waals surface area contributed by atoms with E-state index in [1.165, 1.54) is 14.0 Å². The Kier molecular flexibility index (Phi) is 5.11. The molecule has 0 aliphatic rings. The van der Waals surface area contributed by atoms with Gasteiger partial charge in [-0.2, -0.15) is 0 Å². The van der Waals surface area contributed by atoms with Crippen molar-refractivity contribution in [2.75, 3.05) is 12.4 Å². The number of hydrogen-bond acceptors (Lipinski definition) is 3. The lowest BCUT2D eigenvalue weighted by Crippen LogP contribution is -2.16. The van der Waals surface area contributed by atoms with Crippen LogP contribution in [0.3, 0.4) is 0 Å². The highest BCUT2D eigenvalue weighted by atomic mass is 28.3. The van der Waals surface area contributed by atoms with Gasteiger partial charge in [0.15, 0.2) is 0 Å². The van der Waals surface area contributed by atoms with E-state index in [1.807, 2.05) is 0 Å². The van der Waals surface area contributed by atoms with Crippen LogP contribution in [0, 0.1) is 11.5 Å². The molecule has 20 heavy (non-hydrogen) atoms. The second-order valence-electron chi connectivity index (χ2n) is 5.43. The van der Waals surface area contributed by atoms with Crippen molar-refractivity contribution in [1.82, 2.24) is 0 Å². The molecule has 0 radical (unpaired) electrons. The molecular weight excluding hydrogens is 270 g/mol. The van der Waals surface area contributed by atoms with Crippen molar-refractivity contribution >= 4 is 25.6 Å². The molecule has 0 aliphatic carbocycles. The lowest BCUT2D eigenvalue weighted by atomic mass is 10.1. The maximum Gasteiger partial charge on any atom is 0.337 e. The second-order valence-corrected chi connectivity index (χ2v) is 10.2. The summed E-state index contributed by atoms with van der Waals surface area (Å²) in [5, 5.41) is 2.70. The predicted octanol–water partition coefficient (Wildman–Crippen LogP) is 2.66. The minimum absolute atomic E-state index is 0.205. The standard InChI is InChI=1S/C15H19NO3Si/c1-11(17)16-14-10-13(15(18)19-2)7-6-12(14)8-9-20(3,4)5/h6-7,10H,1-5H3,(H,16,17). The Hall–Kier alpha value is -2.06. The summed E-state index contributed by atoms with van der Waals surface area (Å²) in [7, 11) is -0.192. The van der Waals surface area contributed by atoms with Gasteiger partial charge >= 0.3 is 5.97 Å². The Morgan fingerprint density at radius 3 is 2.40 bits per heavy atom. The number of carbonyl (C=O) groups excluding carboxylic acids is 2. The van der Waals surface area contributed by atoms with Crippen LogP contribution in [0.2, 0.25) is 19.6 Å². The Morgan fingerprint density at radius 2 is 1.90 bits per heavy atom. The van der Waals surface area contributed by atoms with Crippen LogP contribution < -0.4 is 5.32 Å². The van der Waals surface area contributed by atoms with E-state index in [2.05, 4.69) is 41.2 Å². The zero-order valence-corrected chi connectivity index (χ0v) is 13.5. The van der Waals surface area contributed by atoms with E-state index in [9.17, 15) is 9.59 Å². The fourth-order valence-electron chi connectivity index (χ4n) is 1.45. The first-order chi connectivity index (χ1) is 9.23. The SMILES string of the molecule is COC(=O)c1ccc(C#C[Si](C)(C)C)c(NC(C)=O)c1. The number of carbonyl (C=O) groups is 2. The van der Waals surface area contributed by atoms with Gasteiger partial charge in [-0.15, -0.1) is 5.54 Å². The number of esters is 1. The summed E-state index contributed by atoms with van der Waals surface area (Å²) in [6.07, 6.45) is 0. The molecular formula is C15H19NO3Si. The summed E-state index contributed by atoms with van der Waals surface area (Å²) in [6.45, 7) is 7.84. The summed E-state index contributed by atoms with van der Waals surface area (Å²) in [5.41, 5.74) is 4.86. The van der Waals surface area contributed by atoms with Gasteiger partial charge in [0.1, 0.15) is 8.07 Å². The van der Waals surface area contributed by atoms with Crippen LogP contribution in [-0.2, 0) is 9.53 Å². The van der Waals surface area contributed by atoms with Gasteiger partial charge in [-0.3, -0.25) is 4.79 Å². The number of rotatable bonds is 2. The first kappa shape index (κ1) is 16.0. The van der Waals surface area contributed by atoms with Gasteiger partial charge in [0, 0.05) is 12.5 Å². The molecule has 0 spiro atoms. The molecule has 0 bridgehead atoms. The monoisotopic (exact) mass is 289 g/mol. The van der Waals surface area contributed by atoms with Gasteiger partial charge in [-0.25, -0.2) is 4.79 Å². The van der Waals surface area contributed by atoms with Crippen LogP contribution in [0.4, 0.5) is 5.69 Å². The molecule has 0 aliphatic heterocycles. The number of amides is 1.